The van der Waals surface area contributed by atoms with E-state index in [1.807, 2.05) is 18.2 Å². The van der Waals surface area contributed by atoms with Crippen LogP contribution in [-0.2, 0) is 7.05 Å². The van der Waals surface area contributed by atoms with Crippen LogP contribution in [0.15, 0.2) is 35.1 Å². The molecule has 1 saturated heterocycles. The average Bonchev–Trinajstić information content (AvgIpc) is 3.29. The van der Waals surface area contributed by atoms with E-state index in [1.54, 1.807) is 11.6 Å². The maximum Gasteiger partial charge on any atom is 0.272 e. The Morgan fingerprint density at radius 3 is 2.77 bits per heavy atom. The molecule has 3 heterocycles. The number of nitrogens with one attached hydrogen (secondary N) is 1. The monoisotopic (exact) mass is 368 g/mol. The molecule has 1 aromatic carbocycles. The van der Waals surface area contributed by atoms with Gasteiger partial charge in [0, 0.05) is 25.0 Å². The Bertz CT molecular complexity index is 985. The number of likely N-dealkylation sites (tertiary alicyclic amines) is 1. The van der Waals surface area contributed by atoms with Crippen molar-refractivity contribution in [3.8, 4) is 10.4 Å². The lowest BCUT2D eigenvalue weighted by Gasteiger charge is -2.16. The normalized spacial score (nSPS) is 15.0. The van der Waals surface area contributed by atoms with E-state index in [0.29, 0.717) is 5.95 Å². The second-order valence-corrected chi connectivity index (χ2v) is 7.97. The van der Waals surface area contributed by atoms with Crippen molar-refractivity contribution in [2.24, 2.45) is 7.05 Å². The van der Waals surface area contributed by atoms with Crippen LogP contribution in [0.4, 0.5) is 5.95 Å². The van der Waals surface area contributed by atoms with Gasteiger partial charge in [0.25, 0.3) is 5.56 Å². The number of benzene rings is 1. The van der Waals surface area contributed by atoms with Crippen LogP contribution < -0.4 is 10.9 Å². The maximum absolute atomic E-state index is 12.8. The summed E-state index contributed by atoms with van der Waals surface area (Å²) in [5.41, 5.74) is 3.17. The van der Waals surface area contributed by atoms with E-state index in [1.165, 1.54) is 48.4 Å². The van der Waals surface area contributed by atoms with Gasteiger partial charge in [-0.25, -0.2) is 4.98 Å². The Labute approximate surface area is 157 Å². The van der Waals surface area contributed by atoms with E-state index in [-0.39, 0.29) is 5.56 Å². The number of anilines is 1. The first kappa shape index (κ1) is 17.2. The molecule has 26 heavy (non-hydrogen) atoms. The van der Waals surface area contributed by atoms with Crippen molar-refractivity contribution in [3.63, 3.8) is 0 Å². The molecule has 136 valence electrons. The smallest absolute Gasteiger partial charge is 0.272 e. The van der Waals surface area contributed by atoms with Gasteiger partial charge in [0.05, 0.1) is 5.52 Å². The number of thiophene rings is 1. The highest BCUT2D eigenvalue weighted by Crippen LogP contribution is 2.33. The van der Waals surface area contributed by atoms with Gasteiger partial charge < -0.3 is 10.2 Å². The predicted molar refractivity (Wildman–Crippen MR) is 109 cm³/mol. The molecule has 0 aliphatic carbocycles. The predicted octanol–water partition coefficient (Wildman–Crippen LogP) is 3.48. The number of hydrogen-bond acceptors (Lipinski definition) is 5. The molecule has 1 aliphatic heterocycles. The van der Waals surface area contributed by atoms with Crippen molar-refractivity contribution in [3.05, 3.63) is 46.2 Å². The van der Waals surface area contributed by atoms with Gasteiger partial charge >= 0.3 is 0 Å². The van der Waals surface area contributed by atoms with Crippen LogP contribution in [0.1, 0.15) is 18.4 Å². The fourth-order valence-electron chi connectivity index (χ4n) is 3.53. The molecule has 0 atom stereocenters. The highest BCUT2D eigenvalue weighted by atomic mass is 32.1. The molecule has 1 aliphatic rings. The average molecular weight is 369 g/mol. The van der Waals surface area contributed by atoms with Crippen molar-refractivity contribution in [2.45, 2.75) is 19.8 Å². The summed E-state index contributed by atoms with van der Waals surface area (Å²) in [6, 6.07) is 10.3. The lowest BCUT2D eigenvalue weighted by atomic mass is 10.1. The molecule has 0 unspecified atom stereocenters. The Balaban J connectivity index is 1.62. The number of aryl methyl sites for hydroxylation is 1. The largest absolute Gasteiger partial charge is 0.354 e. The quantitative estimate of drug-likeness (QED) is 0.749. The number of rotatable bonds is 5. The first-order valence-electron chi connectivity index (χ1n) is 9.16. The van der Waals surface area contributed by atoms with Crippen molar-refractivity contribution in [1.82, 2.24) is 14.5 Å². The SMILES string of the molecule is Cc1ccccc1-c1cc2nc(NCCN3CCCC3)n(C)c(=O)c2s1. The third-order valence-electron chi connectivity index (χ3n) is 5.08. The Morgan fingerprint density at radius 2 is 2.00 bits per heavy atom. The number of hydrogen-bond donors (Lipinski definition) is 1. The summed E-state index contributed by atoms with van der Waals surface area (Å²) >= 11 is 1.53. The summed E-state index contributed by atoms with van der Waals surface area (Å²) in [5.74, 6) is 0.649. The molecule has 1 fully saturated rings. The van der Waals surface area contributed by atoms with E-state index < -0.39 is 0 Å². The molecule has 2 aromatic heterocycles. The summed E-state index contributed by atoms with van der Waals surface area (Å²) in [6.45, 7) is 6.25. The summed E-state index contributed by atoms with van der Waals surface area (Å²) in [4.78, 5) is 21.0. The molecule has 0 saturated carbocycles. The Hall–Kier alpha value is -2.18. The van der Waals surface area contributed by atoms with E-state index in [2.05, 4.69) is 29.3 Å². The minimum absolute atomic E-state index is 0.0171. The van der Waals surface area contributed by atoms with Gasteiger partial charge in [-0.15, -0.1) is 11.3 Å². The van der Waals surface area contributed by atoms with Crippen LogP contribution in [-0.4, -0.2) is 40.6 Å². The molecule has 1 N–H and O–H groups in total. The second-order valence-electron chi connectivity index (χ2n) is 6.92. The molecule has 6 heteroatoms. The van der Waals surface area contributed by atoms with Crippen LogP contribution in [0.25, 0.3) is 20.7 Å². The molecule has 0 spiro atoms. The summed E-state index contributed by atoms with van der Waals surface area (Å²) in [7, 11) is 1.79. The van der Waals surface area contributed by atoms with Crippen molar-refractivity contribution < 1.29 is 0 Å². The first-order chi connectivity index (χ1) is 12.6. The lowest BCUT2D eigenvalue weighted by Crippen LogP contribution is -2.28. The molecule has 0 bridgehead atoms. The fourth-order valence-corrected chi connectivity index (χ4v) is 4.69. The fraction of sp³-hybridized carbons (Fsp3) is 0.400. The van der Waals surface area contributed by atoms with Gasteiger partial charge in [-0.3, -0.25) is 9.36 Å². The van der Waals surface area contributed by atoms with Gasteiger partial charge in [0.2, 0.25) is 5.95 Å². The van der Waals surface area contributed by atoms with Crippen LogP contribution in [0.2, 0.25) is 0 Å². The van der Waals surface area contributed by atoms with Gasteiger partial charge in [0.15, 0.2) is 0 Å². The molecule has 0 amide bonds. The molecule has 5 nitrogen and oxygen atoms in total. The Kier molecular flexibility index (Phi) is 4.78. The number of nitrogens with zero attached hydrogens (tertiary/aromatic N) is 3. The highest BCUT2D eigenvalue weighted by molar-refractivity contribution is 7.22. The third kappa shape index (κ3) is 3.27. The summed E-state index contributed by atoms with van der Waals surface area (Å²) in [6.07, 6.45) is 2.58. The molecule has 4 rings (SSSR count). The van der Waals surface area contributed by atoms with Crippen molar-refractivity contribution in [1.29, 1.82) is 0 Å². The molecular weight excluding hydrogens is 344 g/mol. The third-order valence-corrected chi connectivity index (χ3v) is 6.22. The summed E-state index contributed by atoms with van der Waals surface area (Å²) < 4.78 is 2.35. The highest BCUT2D eigenvalue weighted by Gasteiger charge is 2.15. The number of aromatic nitrogens is 2. The van der Waals surface area contributed by atoms with Gasteiger partial charge in [0.1, 0.15) is 4.70 Å². The second kappa shape index (κ2) is 7.21. The molecular formula is C20H24N4OS. The van der Waals surface area contributed by atoms with Crippen molar-refractivity contribution >= 4 is 27.5 Å². The zero-order valence-electron chi connectivity index (χ0n) is 15.3. The van der Waals surface area contributed by atoms with E-state index >= 15 is 0 Å². The van der Waals surface area contributed by atoms with E-state index in [9.17, 15) is 4.79 Å². The van der Waals surface area contributed by atoms with Crippen LogP contribution in [0, 0.1) is 6.92 Å². The molecule has 0 radical (unpaired) electrons. The zero-order valence-corrected chi connectivity index (χ0v) is 16.1. The maximum atomic E-state index is 12.8. The minimum Gasteiger partial charge on any atom is -0.354 e. The van der Waals surface area contributed by atoms with Gasteiger partial charge in [-0.2, -0.15) is 0 Å². The standard InChI is InChI=1S/C20H24N4OS/c1-14-7-3-4-8-15(14)17-13-16-18(26-17)19(25)23(2)20(22-16)21-9-12-24-10-5-6-11-24/h3-4,7-8,13H,5-6,9-12H2,1-2H3,(H,21,22). The van der Waals surface area contributed by atoms with Gasteiger partial charge in [-0.05, 0) is 50.0 Å². The summed E-state index contributed by atoms with van der Waals surface area (Å²) in [5, 5.41) is 3.35. The van der Waals surface area contributed by atoms with Crippen LogP contribution >= 0.6 is 11.3 Å². The van der Waals surface area contributed by atoms with Crippen LogP contribution in [0.5, 0.6) is 0 Å². The van der Waals surface area contributed by atoms with Crippen LogP contribution in [0.3, 0.4) is 0 Å². The zero-order chi connectivity index (χ0) is 18.1. The lowest BCUT2D eigenvalue weighted by molar-refractivity contribution is 0.352. The van der Waals surface area contributed by atoms with E-state index in [4.69, 9.17) is 4.98 Å². The number of fused-ring (bicyclic) bond motifs is 1. The minimum atomic E-state index is 0.0171. The van der Waals surface area contributed by atoms with Crippen molar-refractivity contribution in [2.75, 3.05) is 31.5 Å². The van der Waals surface area contributed by atoms with Gasteiger partial charge in [-0.1, -0.05) is 24.3 Å². The Morgan fingerprint density at radius 1 is 1.23 bits per heavy atom. The molecule has 3 aromatic rings. The van der Waals surface area contributed by atoms with E-state index in [0.717, 1.165) is 28.2 Å². The topological polar surface area (TPSA) is 50.2 Å². The first-order valence-corrected chi connectivity index (χ1v) is 9.98.